The Hall–Kier alpha value is -0.0800. The molecular formula is C13H28N2. The molecule has 0 saturated carbocycles. The molecular weight excluding hydrogens is 184 g/mol. The van der Waals surface area contributed by atoms with Gasteiger partial charge in [-0.05, 0) is 44.8 Å². The summed E-state index contributed by atoms with van der Waals surface area (Å²) >= 11 is 0. The quantitative estimate of drug-likeness (QED) is 0.759. The van der Waals surface area contributed by atoms with Crippen LogP contribution in [0.4, 0.5) is 0 Å². The lowest BCUT2D eigenvalue weighted by molar-refractivity contribution is 0.208. The molecule has 0 aromatic rings. The maximum absolute atomic E-state index is 5.82. The molecule has 1 fully saturated rings. The van der Waals surface area contributed by atoms with E-state index in [9.17, 15) is 0 Å². The maximum Gasteiger partial charge on any atom is 0.00217 e. The van der Waals surface area contributed by atoms with Crippen LogP contribution < -0.4 is 5.73 Å². The van der Waals surface area contributed by atoms with Crippen LogP contribution in [0.25, 0.3) is 0 Å². The van der Waals surface area contributed by atoms with Gasteiger partial charge in [0.25, 0.3) is 0 Å². The smallest absolute Gasteiger partial charge is 0.00217 e. The minimum Gasteiger partial charge on any atom is -0.330 e. The zero-order chi connectivity index (χ0) is 10.9. The summed E-state index contributed by atoms with van der Waals surface area (Å²) in [6.45, 7) is 6.98. The van der Waals surface area contributed by atoms with E-state index in [1.54, 1.807) is 0 Å². The maximum atomic E-state index is 5.82. The minimum absolute atomic E-state index is 0.731. The first kappa shape index (κ1) is 13.0. The van der Waals surface area contributed by atoms with Crippen molar-refractivity contribution in [2.75, 3.05) is 26.2 Å². The van der Waals surface area contributed by atoms with Crippen LogP contribution in [0, 0.1) is 5.92 Å². The van der Waals surface area contributed by atoms with Crippen molar-refractivity contribution in [1.29, 1.82) is 0 Å². The summed E-state index contributed by atoms with van der Waals surface area (Å²) < 4.78 is 0. The van der Waals surface area contributed by atoms with Gasteiger partial charge in [-0.15, -0.1) is 0 Å². The number of likely N-dealkylation sites (tertiary alicyclic amines) is 1. The molecule has 2 heteroatoms. The molecule has 90 valence electrons. The van der Waals surface area contributed by atoms with Crippen molar-refractivity contribution in [3.8, 4) is 0 Å². The Balaban J connectivity index is 2.26. The van der Waals surface area contributed by atoms with E-state index in [2.05, 4.69) is 11.8 Å². The van der Waals surface area contributed by atoms with Crippen LogP contribution in [0.5, 0.6) is 0 Å². The first-order valence-electron chi connectivity index (χ1n) is 6.79. The number of hydrogen-bond donors (Lipinski definition) is 1. The van der Waals surface area contributed by atoms with Gasteiger partial charge >= 0.3 is 0 Å². The Bertz CT molecular complexity index is 139. The van der Waals surface area contributed by atoms with Gasteiger partial charge in [-0.2, -0.15) is 0 Å². The molecule has 2 nitrogen and oxygen atoms in total. The van der Waals surface area contributed by atoms with E-state index >= 15 is 0 Å². The summed E-state index contributed by atoms with van der Waals surface area (Å²) in [5.41, 5.74) is 5.82. The van der Waals surface area contributed by atoms with E-state index in [-0.39, 0.29) is 0 Å². The highest BCUT2D eigenvalue weighted by atomic mass is 15.1. The van der Waals surface area contributed by atoms with E-state index in [0.29, 0.717) is 0 Å². The van der Waals surface area contributed by atoms with Crippen molar-refractivity contribution in [3.63, 3.8) is 0 Å². The van der Waals surface area contributed by atoms with Crippen LogP contribution in [0.2, 0.25) is 0 Å². The van der Waals surface area contributed by atoms with Crippen LogP contribution in [0.3, 0.4) is 0 Å². The van der Waals surface area contributed by atoms with Gasteiger partial charge < -0.3 is 10.6 Å². The third-order valence-corrected chi connectivity index (χ3v) is 3.50. The van der Waals surface area contributed by atoms with Crippen LogP contribution >= 0.6 is 0 Å². The molecule has 0 bridgehead atoms. The fourth-order valence-electron chi connectivity index (χ4n) is 2.55. The number of nitrogens with zero attached hydrogens (tertiary/aromatic N) is 1. The van der Waals surface area contributed by atoms with Gasteiger partial charge in [0.05, 0.1) is 0 Å². The van der Waals surface area contributed by atoms with Gasteiger partial charge in [0.15, 0.2) is 0 Å². The summed E-state index contributed by atoms with van der Waals surface area (Å²) in [5.74, 6) is 0.731. The highest BCUT2D eigenvalue weighted by molar-refractivity contribution is 4.68. The Morgan fingerprint density at radius 3 is 2.20 bits per heavy atom. The SMILES string of the molecule is CCCC(CN)CN1CCCCCCC1. The largest absolute Gasteiger partial charge is 0.330 e. The summed E-state index contributed by atoms with van der Waals surface area (Å²) in [6, 6.07) is 0. The third-order valence-electron chi connectivity index (χ3n) is 3.50. The van der Waals surface area contributed by atoms with Gasteiger partial charge in [-0.25, -0.2) is 0 Å². The van der Waals surface area contributed by atoms with E-state index in [1.807, 2.05) is 0 Å². The lowest BCUT2D eigenvalue weighted by atomic mass is 10.0. The molecule has 0 radical (unpaired) electrons. The van der Waals surface area contributed by atoms with Gasteiger partial charge in [0.1, 0.15) is 0 Å². The molecule has 1 aliphatic rings. The molecule has 1 saturated heterocycles. The molecule has 1 unspecified atom stereocenters. The van der Waals surface area contributed by atoms with Gasteiger partial charge in [0.2, 0.25) is 0 Å². The molecule has 0 aromatic heterocycles. The van der Waals surface area contributed by atoms with E-state index < -0.39 is 0 Å². The first-order chi connectivity index (χ1) is 7.36. The van der Waals surface area contributed by atoms with E-state index in [0.717, 1.165) is 12.5 Å². The summed E-state index contributed by atoms with van der Waals surface area (Å²) in [5, 5.41) is 0. The molecule has 2 N–H and O–H groups in total. The molecule has 1 aliphatic heterocycles. The molecule has 0 amide bonds. The topological polar surface area (TPSA) is 29.3 Å². The van der Waals surface area contributed by atoms with Crippen molar-refractivity contribution < 1.29 is 0 Å². The molecule has 0 spiro atoms. The Morgan fingerprint density at radius 2 is 1.67 bits per heavy atom. The van der Waals surface area contributed by atoms with E-state index in [4.69, 9.17) is 5.73 Å². The number of rotatable bonds is 5. The van der Waals surface area contributed by atoms with Crippen molar-refractivity contribution in [3.05, 3.63) is 0 Å². The predicted octanol–water partition coefficient (Wildman–Crippen LogP) is 2.63. The van der Waals surface area contributed by atoms with Crippen LogP contribution in [0.15, 0.2) is 0 Å². The van der Waals surface area contributed by atoms with Crippen molar-refractivity contribution in [2.45, 2.75) is 51.9 Å². The molecule has 0 aromatic carbocycles. The minimum atomic E-state index is 0.731. The average molecular weight is 212 g/mol. The van der Waals surface area contributed by atoms with Crippen molar-refractivity contribution in [1.82, 2.24) is 4.90 Å². The van der Waals surface area contributed by atoms with Crippen molar-refractivity contribution >= 4 is 0 Å². The number of hydrogen-bond acceptors (Lipinski definition) is 2. The predicted molar refractivity (Wildman–Crippen MR) is 67.0 cm³/mol. The molecule has 1 rings (SSSR count). The van der Waals surface area contributed by atoms with Crippen LogP contribution in [-0.2, 0) is 0 Å². The molecule has 1 heterocycles. The van der Waals surface area contributed by atoms with Crippen LogP contribution in [0.1, 0.15) is 51.9 Å². The average Bonchev–Trinajstić information content (AvgIpc) is 2.20. The molecule has 0 aliphatic carbocycles. The van der Waals surface area contributed by atoms with Crippen LogP contribution in [-0.4, -0.2) is 31.1 Å². The van der Waals surface area contributed by atoms with Gasteiger partial charge in [-0.1, -0.05) is 32.6 Å². The lowest BCUT2D eigenvalue weighted by Crippen LogP contribution is -2.35. The highest BCUT2D eigenvalue weighted by Gasteiger charge is 2.13. The zero-order valence-corrected chi connectivity index (χ0v) is 10.4. The van der Waals surface area contributed by atoms with Gasteiger partial charge in [0, 0.05) is 6.54 Å². The normalized spacial score (nSPS) is 22.0. The number of nitrogens with two attached hydrogens (primary N) is 1. The standard InChI is InChI=1S/C13H28N2/c1-2-8-13(11-14)12-15-9-6-4-3-5-7-10-15/h13H,2-12,14H2,1H3. The fraction of sp³-hybridized carbons (Fsp3) is 1.00. The molecule has 1 atom stereocenters. The Kier molecular flexibility index (Phi) is 7.03. The lowest BCUT2D eigenvalue weighted by Gasteiger charge is -2.28. The second-order valence-corrected chi connectivity index (χ2v) is 4.96. The Morgan fingerprint density at radius 1 is 1.07 bits per heavy atom. The first-order valence-corrected chi connectivity index (χ1v) is 6.79. The second kappa shape index (κ2) is 8.12. The monoisotopic (exact) mass is 212 g/mol. The zero-order valence-electron chi connectivity index (χ0n) is 10.4. The molecule has 15 heavy (non-hydrogen) atoms. The summed E-state index contributed by atoms with van der Waals surface area (Å²) in [4.78, 5) is 2.65. The van der Waals surface area contributed by atoms with E-state index in [1.165, 1.54) is 64.6 Å². The third kappa shape index (κ3) is 5.53. The summed E-state index contributed by atoms with van der Waals surface area (Å²) in [6.07, 6.45) is 9.66. The van der Waals surface area contributed by atoms with Gasteiger partial charge in [-0.3, -0.25) is 0 Å². The fourth-order valence-corrected chi connectivity index (χ4v) is 2.55. The van der Waals surface area contributed by atoms with Crippen molar-refractivity contribution in [2.24, 2.45) is 11.7 Å². The Labute approximate surface area is 95.2 Å². The highest BCUT2D eigenvalue weighted by Crippen LogP contribution is 2.13. The summed E-state index contributed by atoms with van der Waals surface area (Å²) in [7, 11) is 0. The second-order valence-electron chi connectivity index (χ2n) is 4.96.